The minimum absolute atomic E-state index is 0.000681. The minimum Gasteiger partial charge on any atom is -0.396 e. The van der Waals surface area contributed by atoms with E-state index in [-0.39, 0.29) is 30.7 Å². The van der Waals surface area contributed by atoms with E-state index >= 15 is 0 Å². The molecule has 2 fully saturated rings. The van der Waals surface area contributed by atoms with Gasteiger partial charge in [0.1, 0.15) is 0 Å². The van der Waals surface area contributed by atoms with Gasteiger partial charge in [-0.15, -0.1) is 0 Å². The van der Waals surface area contributed by atoms with E-state index < -0.39 is 0 Å². The largest absolute Gasteiger partial charge is 0.396 e. The van der Waals surface area contributed by atoms with E-state index in [9.17, 15) is 4.79 Å². The normalized spacial score (nSPS) is 28.8. The molecule has 7 nitrogen and oxygen atoms in total. The van der Waals surface area contributed by atoms with Gasteiger partial charge in [0, 0.05) is 38.1 Å². The highest BCUT2D eigenvalue weighted by atomic mass is 16.5. The van der Waals surface area contributed by atoms with Crippen LogP contribution in [0.25, 0.3) is 0 Å². The molecule has 0 spiro atoms. The maximum absolute atomic E-state index is 12.5. The van der Waals surface area contributed by atoms with Crippen molar-refractivity contribution >= 4 is 5.91 Å². The fourth-order valence-corrected chi connectivity index (χ4v) is 3.02. The van der Waals surface area contributed by atoms with E-state index in [0.717, 1.165) is 6.42 Å². The number of hydrogen-bond acceptors (Lipinski definition) is 6. The van der Waals surface area contributed by atoms with Crippen LogP contribution in [0.3, 0.4) is 0 Å². The number of hydrazine groups is 1. The first-order valence-electron chi connectivity index (χ1n) is 7.70. The molecule has 0 bridgehead atoms. The van der Waals surface area contributed by atoms with Crippen molar-refractivity contribution in [1.82, 2.24) is 20.7 Å². The van der Waals surface area contributed by atoms with Gasteiger partial charge in [0.25, 0.3) is 5.91 Å². The summed E-state index contributed by atoms with van der Waals surface area (Å²) in [5, 5.41) is 9.01. The highest BCUT2D eigenvalue weighted by Crippen LogP contribution is 2.18. The SMILES string of the molecule is O=C(c1cccnc1)N1CCOC(C2CC(CCO)NN2)C1. The number of ether oxygens (including phenoxy) is 1. The van der Waals surface area contributed by atoms with E-state index in [1.54, 1.807) is 24.5 Å². The van der Waals surface area contributed by atoms with Crippen molar-refractivity contribution in [2.45, 2.75) is 31.0 Å². The molecule has 0 radical (unpaired) electrons. The summed E-state index contributed by atoms with van der Waals surface area (Å²) in [4.78, 5) is 18.3. The third-order valence-corrected chi connectivity index (χ3v) is 4.23. The van der Waals surface area contributed by atoms with Crippen LogP contribution in [0, 0.1) is 0 Å². The zero-order valence-corrected chi connectivity index (χ0v) is 12.4. The Labute approximate surface area is 129 Å². The maximum Gasteiger partial charge on any atom is 0.255 e. The van der Waals surface area contributed by atoms with Crippen LogP contribution >= 0.6 is 0 Å². The van der Waals surface area contributed by atoms with E-state index in [1.165, 1.54) is 0 Å². The molecule has 1 aromatic rings. The second-order valence-corrected chi connectivity index (χ2v) is 5.74. The molecule has 3 unspecified atom stereocenters. The number of hydrogen-bond donors (Lipinski definition) is 3. The fraction of sp³-hybridized carbons (Fsp3) is 0.600. The van der Waals surface area contributed by atoms with Crippen molar-refractivity contribution in [2.24, 2.45) is 0 Å². The molecule has 2 aliphatic rings. The predicted molar refractivity (Wildman–Crippen MR) is 80.0 cm³/mol. The molecule has 3 N–H and O–H groups in total. The van der Waals surface area contributed by atoms with Gasteiger partial charge in [0.05, 0.1) is 24.3 Å². The van der Waals surface area contributed by atoms with Gasteiger partial charge in [-0.2, -0.15) is 0 Å². The number of amides is 1. The Morgan fingerprint density at radius 2 is 2.41 bits per heavy atom. The zero-order valence-electron chi connectivity index (χ0n) is 12.4. The number of rotatable bonds is 4. The molecule has 3 rings (SSSR count). The average Bonchev–Trinajstić information content (AvgIpc) is 3.04. The molecular formula is C15H22N4O3. The lowest BCUT2D eigenvalue weighted by atomic mass is 10.0. The van der Waals surface area contributed by atoms with Crippen LogP contribution in [0.4, 0.5) is 0 Å². The molecule has 2 saturated heterocycles. The molecule has 120 valence electrons. The standard InChI is InChI=1S/C15H22N4O3/c20-6-3-12-8-13(18-17-12)14-10-19(5-7-22-14)15(21)11-2-1-4-16-9-11/h1-2,4,9,12-14,17-18,20H,3,5-8,10H2. The first kappa shape index (κ1) is 15.4. The molecule has 0 saturated carbocycles. The quantitative estimate of drug-likeness (QED) is 0.698. The number of aromatic nitrogens is 1. The predicted octanol–water partition coefficient (Wildman–Crippen LogP) is -0.460. The van der Waals surface area contributed by atoms with Gasteiger partial charge in [-0.25, -0.2) is 0 Å². The van der Waals surface area contributed by atoms with Gasteiger partial charge in [-0.3, -0.25) is 20.6 Å². The summed E-state index contributed by atoms with van der Waals surface area (Å²) in [6, 6.07) is 3.96. The van der Waals surface area contributed by atoms with Crippen molar-refractivity contribution in [1.29, 1.82) is 0 Å². The number of carbonyl (C=O) groups excluding carboxylic acids is 1. The van der Waals surface area contributed by atoms with Crippen molar-refractivity contribution in [3.63, 3.8) is 0 Å². The summed E-state index contributed by atoms with van der Waals surface area (Å²) in [5.74, 6) is -0.000681. The summed E-state index contributed by atoms with van der Waals surface area (Å²) in [6.45, 7) is 1.88. The van der Waals surface area contributed by atoms with Crippen LogP contribution in [0.5, 0.6) is 0 Å². The number of aliphatic hydroxyl groups is 1. The Balaban J connectivity index is 1.59. The Morgan fingerprint density at radius 3 is 3.18 bits per heavy atom. The summed E-state index contributed by atoms with van der Waals surface area (Å²) in [7, 11) is 0. The van der Waals surface area contributed by atoms with Crippen LogP contribution in [-0.2, 0) is 4.74 Å². The van der Waals surface area contributed by atoms with Crippen molar-refractivity contribution in [3.05, 3.63) is 30.1 Å². The Hall–Kier alpha value is -1.54. The first-order chi connectivity index (χ1) is 10.8. The van der Waals surface area contributed by atoms with E-state index in [2.05, 4.69) is 15.8 Å². The Bertz CT molecular complexity index is 499. The monoisotopic (exact) mass is 306 g/mol. The lowest BCUT2D eigenvalue weighted by Crippen LogP contribution is -2.53. The summed E-state index contributed by atoms with van der Waals surface area (Å²) < 4.78 is 5.83. The first-order valence-corrected chi connectivity index (χ1v) is 7.70. The molecule has 1 aromatic heterocycles. The minimum atomic E-state index is -0.0365. The lowest BCUT2D eigenvalue weighted by molar-refractivity contribution is -0.0365. The molecule has 22 heavy (non-hydrogen) atoms. The summed E-state index contributed by atoms with van der Waals surface area (Å²) in [5.41, 5.74) is 7.01. The van der Waals surface area contributed by atoms with E-state index in [0.29, 0.717) is 31.7 Å². The van der Waals surface area contributed by atoms with E-state index in [4.69, 9.17) is 9.84 Å². The molecular weight excluding hydrogens is 284 g/mol. The smallest absolute Gasteiger partial charge is 0.255 e. The van der Waals surface area contributed by atoms with Gasteiger partial charge in [-0.1, -0.05) is 0 Å². The number of morpholine rings is 1. The van der Waals surface area contributed by atoms with Gasteiger partial charge in [0.15, 0.2) is 0 Å². The maximum atomic E-state index is 12.5. The molecule has 1 amide bonds. The van der Waals surface area contributed by atoms with Crippen molar-refractivity contribution < 1.29 is 14.6 Å². The van der Waals surface area contributed by atoms with Crippen LogP contribution in [-0.4, -0.2) is 65.4 Å². The van der Waals surface area contributed by atoms with Crippen LogP contribution in [0.1, 0.15) is 23.2 Å². The average molecular weight is 306 g/mol. The Morgan fingerprint density at radius 1 is 1.50 bits per heavy atom. The molecule has 7 heteroatoms. The summed E-state index contributed by atoms with van der Waals surface area (Å²) in [6.07, 6.45) is 4.83. The molecule has 3 atom stereocenters. The zero-order chi connectivity index (χ0) is 15.4. The van der Waals surface area contributed by atoms with Crippen LogP contribution < -0.4 is 10.9 Å². The van der Waals surface area contributed by atoms with Gasteiger partial charge in [-0.05, 0) is 25.0 Å². The van der Waals surface area contributed by atoms with Crippen LogP contribution in [0.2, 0.25) is 0 Å². The molecule has 0 aromatic carbocycles. The third kappa shape index (κ3) is 3.44. The second kappa shape index (κ2) is 7.15. The fourth-order valence-electron chi connectivity index (χ4n) is 3.02. The van der Waals surface area contributed by atoms with Gasteiger partial charge < -0.3 is 14.7 Å². The molecule has 2 aliphatic heterocycles. The number of nitrogens with one attached hydrogen (secondary N) is 2. The van der Waals surface area contributed by atoms with Crippen molar-refractivity contribution in [3.8, 4) is 0 Å². The van der Waals surface area contributed by atoms with Crippen LogP contribution in [0.15, 0.2) is 24.5 Å². The molecule has 0 aliphatic carbocycles. The highest BCUT2D eigenvalue weighted by molar-refractivity contribution is 5.93. The lowest BCUT2D eigenvalue weighted by Gasteiger charge is -2.35. The van der Waals surface area contributed by atoms with Crippen molar-refractivity contribution in [2.75, 3.05) is 26.3 Å². The summed E-state index contributed by atoms with van der Waals surface area (Å²) >= 11 is 0. The van der Waals surface area contributed by atoms with Gasteiger partial charge >= 0.3 is 0 Å². The second-order valence-electron chi connectivity index (χ2n) is 5.74. The third-order valence-electron chi connectivity index (χ3n) is 4.23. The topological polar surface area (TPSA) is 86.7 Å². The van der Waals surface area contributed by atoms with Gasteiger partial charge in [0.2, 0.25) is 0 Å². The number of nitrogens with zero attached hydrogens (tertiary/aromatic N) is 2. The Kier molecular flexibility index (Phi) is 4.99. The number of aliphatic hydroxyl groups excluding tert-OH is 1. The number of pyridine rings is 1. The number of carbonyl (C=O) groups is 1. The molecule has 3 heterocycles. The highest BCUT2D eigenvalue weighted by Gasteiger charge is 2.35. The van der Waals surface area contributed by atoms with E-state index in [1.807, 2.05) is 4.90 Å².